The molecule has 0 saturated carbocycles. The third kappa shape index (κ3) is 3.81. The second-order valence-corrected chi connectivity index (χ2v) is 5.10. The highest BCUT2D eigenvalue weighted by Gasteiger charge is 2.05. The van der Waals surface area contributed by atoms with Gasteiger partial charge in [0, 0.05) is 12.2 Å². The molecular weight excluding hydrogens is 292 g/mol. The number of aromatic nitrogens is 2. The molecule has 0 atom stereocenters. The van der Waals surface area contributed by atoms with Crippen LogP contribution < -0.4 is 16.2 Å². The van der Waals surface area contributed by atoms with Crippen LogP contribution in [0.25, 0.3) is 10.9 Å². The molecule has 1 amide bonds. The van der Waals surface area contributed by atoms with E-state index in [0.717, 1.165) is 5.56 Å². The van der Waals surface area contributed by atoms with Crippen LogP contribution in [0.4, 0.5) is 5.69 Å². The van der Waals surface area contributed by atoms with Gasteiger partial charge in [0.2, 0.25) is 5.91 Å². The van der Waals surface area contributed by atoms with Crippen LogP contribution in [0.3, 0.4) is 0 Å². The Bertz CT molecular complexity index is 874. The molecule has 6 heteroatoms. The van der Waals surface area contributed by atoms with Crippen LogP contribution in [-0.2, 0) is 11.3 Å². The first-order chi connectivity index (χ1) is 11.2. The second-order valence-electron chi connectivity index (χ2n) is 5.10. The van der Waals surface area contributed by atoms with Crippen molar-refractivity contribution in [2.75, 3.05) is 11.9 Å². The van der Waals surface area contributed by atoms with Crippen molar-refractivity contribution >= 4 is 22.5 Å². The molecule has 1 aromatic heterocycles. The molecule has 0 aliphatic heterocycles. The average Bonchev–Trinajstić information content (AvgIpc) is 2.56. The van der Waals surface area contributed by atoms with Crippen molar-refractivity contribution in [1.82, 2.24) is 15.3 Å². The summed E-state index contributed by atoms with van der Waals surface area (Å²) in [5.41, 5.74) is 2.08. The van der Waals surface area contributed by atoms with Crippen LogP contribution in [0.5, 0.6) is 0 Å². The highest BCUT2D eigenvalue weighted by atomic mass is 16.2. The molecule has 0 saturated heterocycles. The number of fused-ring (bicyclic) bond motifs is 1. The monoisotopic (exact) mass is 308 g/mol. The number of anilines is 1. The molecule has 0 fully saturated rings. The van der Waals surface area contributed by atoms with Gasteiger partial charge in [0.15, 0.2) is 0 Å². The Hall–Kier alpha value is -2.99. The summed E-state index contributed by atoms with van der Waals surface area (Å²) in [6.07, 6.45) is 1.34. The number of rotatable bonds is 5. The number of hydrogen-bond donors (Lipinski definition) is 3. The maximum Gasteiger partial charge on any atom is 0.258 e. The second kappa shape index (κ2) is 6.85. The number of nitrogens with one attached hydrogen (secondary N) is 3. The quantitative estimate of drug-likeness (QED) is 0.669. The molecule has 6 nitrogen and oxygen atoms in total. The third-order valence-electron chi connectivity index (χ3n) is 3.38. The lowest BCUT2D eigenvalue weighted by Gasteiger charge is -2.07. The zero-order chi connectivity index (χ0) is 16.1. The number of hydrogen-bond acceptors (Lipinski definition) is 4. The van der Waals surface area contributed by atoms with Crippen molar-refractivity contribution in [2.24, 2.45) is 0 Å². The Balaban J connectivity index is 1.58. The van der Waals surface area contributed by atoms with Crippen LogP contribution >= 0.6 is 0 Å². The topological polar surface area (TPSA) is 86.9 Å². The van der Waals surface area contributed by atoms with Crippen molar-refractivity contribution < 1.29 is 4.79 Å². The van der Waals surface area contributed by atoms with Crippen molar-refractivity contribution in [3.8, 4) is 0 Å². The first-order valence-corrected chi connectivity index (χ1v) is 7.24. The Morgan fingerprint density at radius 2 is 1.96 bits per heavy atom. The molecule has 1 heterocycles. The summed E-state index contributed by atoms with van der Waals surface area (Å²) in [4.78, 5) is 30.1. The smallest absolute Gasteiger partial charge is 0.258 e. The number of carbonyl (C=O) groups excluding carboxylic acids is 1. The molecule has 0 aliphatic carbocycles. The lowest BCUT2D eigenvalue weighted by molar-refractivity contribution is -0.115. The number of aromatic amines is 1. The number of carbonyl (C=O) groups is 1. The van der Waals surface area contributed by atoms with Gasteiger partial charge in [-0.3, -0.25) is 9.59 Å². The number of amides is 1. The first kappa shape index (κ1) is 14.9. The van der Waals surface area contributed by atoms with E-state index in [9.17, 15) is 9.59 Å². The minimum Gasteiger partial charge on any atom is -0.325 e. The Kier molecular flexibility index (Phi) is 4.44. The SMILES string of the molecule is O=C(CNCc1ccccc1)Nc1ccc2c(=O)[nH]cnc2c1. The summed E-state index contributed by atoms with van der Waals surface area (Å²) in [7, 11) is 0. The fourth-order valence-electron chi connectivity index (χ4n) is 2.27. The van der Waals surface area contributed by atoms with Gasteiger partial charge in [0.1, 0.15) is 0 Å². The zero-order valence-corrected chi connectivity index (χ0v) is 12.4. The van der Waals surface area contributed by atoms with Gasteiger partial charge in [0.05, 0.1) is 23.8 Å². The Morgan fingerprint density at radius 3 is 2.78 bits per heavy atom. The van der Waals surface area contributed by atoms with Crippen molar-refractivity contribution in [3.63, 3.8) is 0 Å². The summed E-state index contributed by atoms with van der Waals surface area (Å²) in [6, 6.07) is 14.9. The molecule has 3 aromatic rings. The largest absolute Gasteiger partial charge is 0.325 e. The van der Waals surface area contributed by atoms with Gasteiger partial charge in [-0.05, 0) is 23.8 Å². The molecule has 116 valence electrons. The number of nitrogens with zero attached hydrogens (tertiary/aromatic N) is 1. The van der Waals surface area contributed by atoms with Crippen molar-refractivity contribution in [1.29, 1.82) is 0 Å². The fraction of sp³-hybridized carbons (Fsp3) is 0.118. The van der Waals surface area contributed by atoms with E-state index >= 15 is 0 Å². The maximum absolute atomic E-state index is 11.9. The first-order valence-electron chi connectivity index (χ1n) is 7.24. The van der Waals surface area contributed by atoms with E-state index in [1.165, 1.54) is 6.33 Å². The summed E-state index contributed by atoms with van der Waals surface area (Å²) in [6.45, 7) is 0.832. The highest BCUT2D eigenvalue weighted by Crippen LogP contribution is 2.13. The third-order valence-corrected chi connectivity index (χ3v) is 3.38. The van der Waals surface area contributed by atoms with Gasteiger partial charge in [-0.1, -0.05) is 30.3 Å². The maximum atomic E-state index is 11.9. The van der Waals surface area contributed by atoms with Gasteiger partial charge in [-0.2, -0.15) is 0 Å². The van der Waals surface area contributed by atoms with Gasteiger partial charge in [-0.15, -0.1) is 0 Å². The Morgan fingerprint density at radius 1 is 1.13 bits per heavy atom. The molecule has 3 rings (SSSR count). The van der Waals surface area contributed by atoms with E-state index in [4.69, 9.17) is 0 Å². The van der Waals surface area contributed by atoms with Crippen LogP contribution in [0, 0.1) is 0 Å². The Labute approximate surface area is 132 Å². The van der Waals surface area contributed by atoms with E-state index in [1.807, 2.05) is 30.3 Å². The molecule has 2 aromatic carbocycles. The number of H-pyrrole nitrogens is 1. The summed E-state index contributed by atoms with van der Waals surface area (Å²) in [5.74, 6) is -0.148. The van der Waals surface area contributed by atoms with Crippen LogP contribution in [-0.4, -0.2) is 22.4 Å². The van der Waals surface area contributed by atoms with Gasteiger partial charge in [-0.25, -0.2) is 4.98 Å². The van der Waals surface area contributed by atoms with Crippen LogP contribution in [0.1, 0.15) is 5.56 Å². The zero-order valence-electron chi connectivity index (χ0n) is 12.4. The molecule has 23 heavy (non-hydrogen) atoms. The van der Waals surface area contributed by atoms with E-state index < -0.39 is 0 Å². The minimum absolute atomic E-state index is 0.148. The van der Waals surface area contributed by atoms with Gasteiger partial charge < -0.3 is 15.6 Å². The van der Waals surface area contributed by atoms with E-state index in [-0.39, 0.29) is 18.0 Å². The normalized spacial score (nSPS) is 10.6. The van der Waals surface area contributed by atoms with Crippen molar-refractivity contribution in [3.05, 3.63) is 70.8 Å². The lowest BCUT2D eigenvalue weighted by atomic mass is 10.2. The average molecular weight is 308 g/mol. The highest BCUT2D eigenvalue weighted by molar-refractivity contribution is 5.94. The van der Waals surface area contributed by atoms with Crippen LogP contribution in [0.2, 0.25) is 0 Å². The molecule has 0 radical (unpaired) electrons. The predicted octanol–water partition coefficient (Wildman–Crippen LogP) is 1.65. The van der Waals surface area contributed by atoms with E-state index in [1.54, 1.807) is 18.2 Å². The van der Waals surface area contributed by atoms with Gasteiger partial charge >= 0.3 is 0 Å². The van der Waals surface area contributed by atoms with Crippen molar-refractivity contribution in [2.45, 2.75) is 6.54 Å². The van der Waals surface area contributed by atoms with E-state index in [2.05, 4.69) is 20.6 Å². The summed E-state index contributed by atoms with van der Waals surface area (Å²) >= 11 is 0. The number of benzene rings is 2. The molecule has 0 aliphatic rings. The molecule has 0 unspecified atom stereocenters. The van der Waals surface area contributed by atoms with Crippen LogP contribution in [0.15, 0.2) is 59.7 Å². The molecule has 0 spiro atoms. The molecular formula is C17H16N4O2. The summed E-state index contributed by atoms with van der Waals surface area (Å²) < 4.78 is 0. The fourth-order valence-corrected chi connectivity index (χ4v) is 2.27. The van der Waals surface area contributed by atoms with E-state index in [0.29, 0.717) is 23.1 Å². The molecule has 0 bridgehead atoms. The van der Waals surface area contributed by atoms with Gasteiger partial charge in [0.25, 0.3) is 5.56 Å². The lowest BCUT2D eigenvalue weighted by Crippen LogP contribution is -2.27. The minimum atomic E-state index is -0.197. The standard InChI is InChI=1S/C17H16N4O2/c22-16(10-18-9-12-4-2-1-3-5-12)21-13-6-7-14-15(8-13)19-11-20-17(14)23/h1-8,11,18H,9-10H2,(H,21,22)(H,19,20,23). The predicted molar refractivity (Wildman–Crippen MR) is 89.1 cm³/mol. The summed E-state index contributed by atoms with van der Waals surface area (Å²) in [5, 5.41) is 6.36. The molecule has 3 N–H and O–H groups in total.